The van der Waals surface area contributed by atoms with Gasteiger partial charge in [-0.05, 0) is 104 Å². The molecule has 1 heteroatoms. The van der Waals surface area contributed by atoms with Crippen LogP contribution in [0.15, 0.2) is 200 Å². The lowest BCUT2D eigenvalue weighted by atomic mass is 9.76. The Morgan fingerprint density at radius 2 is 0.964 bits per heavy atom. The maximum Gasteiger partial charge on any atom is 0.0619 e. The lowest BCUT2D eigenvalue weighted by Gasteiger charge is -2.27. The van der Waals surface area contributed by atoms with E-state index in [1.54, 1.807) is 0 Å². The molecule has 10 aromatic rings. The Hall–Kier alpha value is -6.70. The smallest absolute Gasteiger partial charge is 0.0619 e. The van der Waals surface area contributed by atoms with Gasteiger partial charge >= 0.3 is 0 Å². The molecule has 0 aliphatic rings. The number of aryl methyl sites for hydroxylation is 1. The molecule has 0 radical (unpaired) electrons. The number of nitrogens with zero attached hydrogens (tertiary/aromatic N) is 1. The molecule has 0 bridgehead atoms. The van der Waals surface area contributed by atoms with Gasteiger partial charge in [-0.1, -0.05) is 177 Å². The molecule has 10 rings (SSSR count). The molecular weight excluding hydrogens is 663 g/mol. The molecule has 0 spiro atoms. The van der Waals surface area contributed by atoms with E-state index in [0.717, 1.165) is 0 Å². The van der Waals surface area contributed by atoms with Crippen molar-refractivity contribution < 1.29 is 0 Å². The van der Waals surface area contributed by atoms with Crippen LogP contribution >= 0.6 is 0 Å². The van der Waals surface area contributed by atoms with E-state index in [0.29, 0.717) is 0 Å². The number of aromatic nitrogens is 1. The molecule has 9 aromatic carbocycles. The Morgan fingerprint density at radius 1 is 0.400 bits per heavy atom. The Kier molecular flexibility index (Phi) is 8.15. The minimum Gasteiger partial charge on any atom is -0.309 e. The molecular formula is C54H41N. The summed E-state index contributed by atoms with van der Waals surface area (Å²) in [4.78, 5) is 0. The van der Waals surface area contributed by atoms with Crippen molar-refractivity contribution in [2.24, 2.45) is 0 Å². The summed E-state index contributed by atoms with van der Waals surface area (Å²) >= 11 is 0. The summed E-state index contributed by atoms with van der Waals surface area (Å²) in [6.07, 6.45) is 0. The van der Waals surface area contributed by atoms with Crippen LogP contribution in [-0.4, -0.2) is 4.57 Å². The summed E-state index contributed by atoms with van der Waals surface area (Å²) in [5.41, 5.74) is 13.9. The van der Waals surface area contributed by atoms with E-state index in [4.69, 9.17) is 0 Å². The number of rotatable bonds is 7. The maximum absolute atomic E-state index is 2.45. The highest BCUT2D eigenvalue weighted by atomic mass is 15.0. The van der Waals surface area contributed by atoms with E-state index in [9.17, 15) is 0 Å². The van der Waals surface area contributed by atoms with Gasteiger partial charge in [0.05, 0.1) is 11.0 Å². The molecule has 0 amide bonds. The van der Waals surface area contributed by atoms with Crippen LogP contribution in [0, 0.1) is 6.92 Å². The van der Waals surface area contributed by atoms with Gasteiger partial charge in [0.15, 0.2) is 0 Å². The zero-order valence-corrected chi connectivity index (χ0v) is 31.2. The lowest BCUT2D eigenvalue weighted by molar-refractivity contribution is 0.662. The number of hydrogen-bond donors (Lipinski definition) is 0. The molecule has 0 fully saturated rings. The van der Waals surface area contributed by atoms with Crippen LogP contribution in [0.25, 0.3) is 71.3 Å². The monoisotopic (exact) mass is 703 g/mol. The number of benzene rings is 9. The van der Waals surface area contributed by atoms with Gasteiger partial charge in [0.2, 0.25) is 0 Å². The first kappa shape index (κ1) is 32.9. The molecule has 55 heavy (non-hydrogen) atoms. The molecule has 0 aliphatic heterocycles. The average molecular weight is 704 g/mol. The lowest BCUT2D eigenvalue weighted by Crippen LogP contribution is -2.11. The zero-order chi connectivity index (χ0) is 36.9. The van der Waals surface area contributed by atoms with Crippen LogP contribution in [-0.2, 0) is 0 Å². The topological polar surface area (TPSA) is 4.93 Å². The van der Waals surface area contributed by atoms with Gasteiger partial charge in [0.1, 0.15) is 0 Å². The molecule has 1 heterocycles. The van der Waals surface area contributed by atoms with Gasteiger partial charge in [0, 0.05) is 27.8 Å². The minimum absolute atomic E-state index is 0.172. The fourth-order valence-corrected chi connectivity index (χ4v) is 9.02. The molecule has 1 aromatic heterocycles. The second-order valence-corrected chi connectivity index (χ2v) is 15.0. The predicted octanol–water partition coefficient (Wildman–Crippen LogP) is 14.7. The summed E-state index contributed by atoms with van der Waals surface area (Å²) in [5.74, 6) is 0.422. The predicted molar refractivity (Wildman–Crippen MR) is 235 cm³/mol. The van der Waals surface area contributed by atoms with Crippen LogP contribution in [0.1, 0.15) is 41.0 Å². The fourth-order valence-electron chi connectivity index (χ4n) is 9.02. The largest absolute Gasteiger partial charge is 0.309 e. The van der Waals surface area contributed by atoms with Crippen molar-refractivity contribution >= 4 is 43.4 Å². The van der Waals surface area contributed by atoms with Crippen LogP contribution < -0.4 is 0 Å². The van der Waals surface area contributed by atoms with Crippen LogP contribution in [0.3, 0.4) is 0 Å². The van der Waals surface area contributed by atoms with E-state index in [-0.39, 0.29) is 11.8 Å². The van der Waals surface area contributed by atoms with Gasteiger partial charge in [0.25, 0.3) is 0 Å². The standard InChI is InChI=1S/C54H41N/c1-36-34-51-50-35-44(32-33-52(50)55(45-18-7-4-8-19-45)54(51)49-22-12-11-20-46(36)49)41-28-30-43(31-29-41)53(48-23-13-17-42-16-9-10-21-47(42)48)37(2)38-24-26-40(27-25-38)39-14-5-3-6-15-39/h3-35,37,53H,1-2H3. The van der Waals surface area contributed by atoms with Crippen molar-refractivity contribution in [1.82, 2.24) is 4.57 Å². The zero-order valence-electron chi connectivity index (χ0n) is 31.2. The van der Waals surface area contributed by atoms with Crippen LogP contribution in [0.4, 0.5) is 0 Å². The Morgan fingerprint density at radius 3 is 1.71 bits per heavy atom. The number of hydrogen-bond acceptors (Lipinski definition) is 0. The van der Waals surface area contributed by atoms with Gasteiger partial charge in [-0.2, -0.15) is 0 Å². The summed E-state index contributed by atoms with van der Waals surface area (Å²) < 4.78 is 2.45. The third-order valence-electron chi connectivity index (χ3n) is 11.8. The third-order valence-corrected chi connectivity index (χ3v) is 11.8. The van der Waals surface area contributed by atoms with E-state index in [1.807, 2.05) is 0 Å². The van der Waals surface area contributed by atoms with E-state index >= 15 is 0 Å². The maximum atomic E-state index is 2.45. The molecule has 0 aliphatic carbocycles. The molecule has 0 N–H and O–H groups in total. The number of para-hydroxylation sites is 1. The van der Waals surface area contributed by atoms with Gasteiger partial charge < -0.3 is 4.57 Å². The van der Waals surface area contributed by atoms with Gasteiger partial charge in [-0.15, -0.1) is 0 Å². The van der Waals surface area contributed by atoms with Crippen LogP contribution in [0.2, 0.25) is 0 Å². The normalized spacial score (nSPS) is 12.8. The Labute approximate surface area is 322 Å². The summed E-state index contributed by atoms with van der Waals surface area (Å²) in [7, 11) is 0. The highest BCUT2D eigenvalue weighted by Gasteiger charge is 2.25. The van der Waals surface area contributed by atoms with E-state index in [1.165, 1.54) is 93.5 Å². The van der Waals surface area contributed by atoms with E-state index in [2.05, 4.69) is 219 Å². The highest BCUT2D eigenvalue weighted by molar-refractivity contribution is 6.20. The first-order valence-corrected chi connectivity index (χ1v) is 19.4. The molecule has 0 saturated carbocycles. The number of fused-ring (bicyclic) bond motifs is 6. The average Bonchev–Trinajstić information content (AvgIpc) is 3.58. The van der Waals surface area contributed by atoms with Crippen molar-refractivity contribution in [1.29, 1.82) is 0 Å². The summed E-state index contributed by atoms with van der Waals surface area (Å²) in [5, 5.41) is 7.74. The van der Waals surface area contributed by atoms with Gasteiger partial charge in [-0.3, -0.25) is 0 Å². The quantitative estimate of drug-likeness (QED) is 0.156. The fraction of sp³-hybridized carbons (Fsp3) is 0.0741. The van der Waals surface area contributed by atoms with Gasteiger partial charge in [-0.25, -0.2) is 0 Å². The second-order valence-electron chi connectivity index (χ2n) is 15.0. The van der Waals surface area contributed by atoms with Crippen molar-refractivity contribution in [2.45, 2.75) is 25.7 Å². The molecule has 0 saturated heterocycles. The van der Waals surface area contributed by atoms with E-state index < -0.39 is 0 Å². The molecule has 1 nitrogen and oxygen atoms in total. The molecule has 2 atom stereocenters. The Balaban J connectivity index is 1.08. The van der Waals surface area contributed by atoms with Crippen molar-refractivity contribution in [3.05, 3.63) is 222 Å². The molecule has 2 unspecified atom stereocenters. The van der Waals surface area contributed by atoms with Crippen molar-refractivity contribution in [3.8, 4) is 27.9 Å². The first-order chi connectivity index (χ1) is 27.1. The highest BCUT2D eigenvalue weighted by Crippen LogP contribution is 2.43. The SMILES string of the molecule is Cc1cc2c3cc(-c4ccc(C(c5cccc6ccccc56)C(C)c5ccc(-c6ccccc6)cc5)cc4)ccc3n(-c3ccccc3)c2c2ccccc12. The van der Waals surface area contributed by atoms with Crippen molar-refractivity contribution in [3.63, 3.8) is 0 Å². The van der Waals surface area contributed by atoms with Crippen molar-refractivity contribution in [2.75, 3.05) is 0 Å². The molecule has 262 valence electrons. The summed E-state index contributed by atoms with van der Waals surface area (Å²) in [6.45, 7) is 4.63. The first-order valence-electron chi connectivity index (χ1n) is 19.4. The van der Waals surface area contributed by atoms with Crippen LogP contribution in [0.5, 0.6) is 0 Å². The minimum atomic E-state index is 0.172. The second kappa shape index (κ2) is 13.6. The summed E-state index contributed by atoms with van der Waals surface area (Å²) in [6, 6.07) is 73.8. The Bertz CT molecular complexity index is 2970. The third kappa shape index (κ3) is 5.72.